The van der Waals surface area contributed by atoms with Gasteiger partial charge in [-0.25, -0.2) is 4.98 Å². The number of nitrogens with one attached hydrogen (secondary N) is 1. The molecule has 2 aromatic rings. The lowest BCUT2D eigenvalue weighted by Gasteiger charge is -2.20. The van der Waals surface area contributed by atoms with Crippen LogP contribution in [-0.4, -0.2) is 54.1 Å². The second-order valence-corrected chi connectivity index (χ2v) is 6.22. The van der Waals surface area contributed by atoms with Crippen molar-refractivity contribution in [1.29, 1.82) is 0 Å². The molecule has 0 spiro atoms. The first kappa shape index (κ1) is 16.4. The SMILES string of the molecule is CN(C)C(=O)c1cccc(N[C@H]2COC[C@H]2Cc2ccncc2)n1. The highest BCUT2D eigenvalue weighted by molar-refractivity contribution is 5.92. The molecule has 126 valence electrons. The van der Waals surface area contributed by atoms with Crippen molar-refractivity contribution in [2.75, 3.05) is 32.6 Å². The van der Waals surface area contributed by atoms with Crippen molar-refractivity contribution >= 4 is 11.7 Å². The lowest BCUT2D eigenvalue weighted by molar-refractivity contribution is 0.0822. The molecule has 2 atom stereocenters. The minimum atomic E-state index is -0.102. The first-order valence-corrected chi connectivity index (χ1v) is 8.05. The first-order chi connectivity index (χ1) is 11.6. The highest BCUT2D eigenvalue weighted by Gasteiger charge is 2.28. The van der Waals surface area contributed by atoms with Crippen molar-refractivity contribution in [2.45, 2.75) is 12.5 Å². The number of rotatable bonds is 5. The van der Waals surface area contributed by atoms with E-state index >= 15 is 0 Å². The standard InChI is InChI=1S/C18H22N4O2/c1-22(2)18(23)15-4-3-5-17(20-15)21-16-12-24-11-14(16)10-13-6-8-19-9-7-13/h3-9,14,16H,10-12H2,1-2H3,(H,20,21)/t14-,16+/m1/s1. The molecule has 3 heterocycles. The van der Waals surface area contributed by atoms with E-state index in [1.807, 2.05) is 36.7 Å². The molecule has 0 aromatic carbocycles. The molecule has 1 amide bonds. The number of pyridine rings is 2. The Morgan fingerprint density at radius 2 is 2.04 bits per heavy atom. The molecule has 6 heteroatoms. The fourth-order valence-corrected chi connectivity index (χ4v) is 2.83. The summed E-state index contributed by atoms with van der Waals surface area (Å²) in [4.78, 5) is 22.1. The van der Waals surface area contributed by atoms with Gasteiger partial charge in [0.1, 0.15) is 11.5 Å². The zero-order chi connectivity index (χ0) is 16.9. The minimum Gasteiger partial charge on any atom is -0.379 e. The van der Waals surface area contributed by atoms with E-state index in [2.05, 4.69) is 15.3 Å². The van der Waals surface area contributed by atoms with Crippen LogP contribution in [0.5, 0.6) is 0 Å². The molecule has 0 radical (unpaired) electrons. The van der Waals surface area contributed by atoms with E-state index in [1.165, 1.54) is 10.5 Å². The van der Waals surface area contributed by atoms with Gasteiger partial charge in [0.2, 0.25) is 0 Å². The van der Waals surface area contributed by atoms with Gasteiger partial charge >= 0.3 is 0 Å². The van der Waals surface area contributed by atoms with Gasteiger partial charge in [-0.15, -0.1) is 0 Å². The quantitative estimate of drug-likeness (QED) is 0.908. The molecule has 1 N–H and O–H groups in total. The molecule has 1 aliphatic heterocycles. The molecule has 6 nitrogen and oxygen atoms in total. The van der Waals surface area contributed by atoms with E-state index in [9.17, 15) is 4.79 Å². The molecule has 0 unspecified atom stereocenters. The van der Waals surface area contributed by atoms with E-state index < -0.39 is 0 Å². The number of anilines is 1. The number of ether oxygens (including phenoxy) is 1. The molecule has 0 bridgehead atoms. The van der Waals surface area contributed by atoms with Crippen LogP contribution in [-0.2, 0) is 11.2 Å². The molecule has 1 fully saturated rings. The number of carbonyl (C=O) groups excluding carboxylic acids is 1. The third-order valence-corrected chi connectivity index (χ3v) is 4.15. The summed E-state index contributed by atoms with van der Waals surface area (Å²) >= 11 is 0. The Kier molecular flexibility index (Phi) is 5.05. The van der Waals surface area contributed by atoms with Gasteiger partial charge in [-0.1, -0.05) is 6.07 Å². The summed E-state index contributed by atoms with van der Waals surface area (Å²) in [5, 5.41) is 3.42. The van der Waals surface area contributed by atoms with Crippen LogP contribution in [0.25, 0.3) is 0 Å². The predicted molar refractivity (Wildman–Crippen MR) is 91.9 cm³/mol. The lowest BCUT2D eigenvalue weighted by atomic mass is 9.95. The zero-order valence-corrected chi connectivity index (χ0v) is 14.0. The lowest BCUT2D eigenvalue weighted by Crippen LogP contribution is -2.30. The molecule has 0 aliphatic carbocycles. The average Bonchev–Trinajstić information content (AvgIpc) is 3.02. The third kappa shape index (κ3) is 3.89. The Morgan fingerprint density at radius 3 is 2.79 bits per heavy atom. The van der Waals surface area contributed by atoms with Crippen LogP contribution in [0.1, 0.15) is 16.1 Å². The van der Waals surface area contributed by atoms with Crippen molar-refractivity contribution in [1.82, 2.24) is 14.9 Å². The van der Waals surface area contributed by atoms with Gasteiger partial charge in [-0.2, -0.15) is 0 Å². The highest BCUT2D eigenvalue weighted by Crippen LogP contribution is 2.22. The van der Waals surface area contributed by atoms with Crippen LogP contribution in [0.15, 0.2) is 42.7 Å². The van der Waals surface area contributed by atoms with Crippen LogP contribution in [0.2, 0.25) is 0 Å². The van der Waals surface area contributed by atoms with Gasteiger partial charge in [0.05, 0.1) is 19.3 Å². The Hall–Kier alpha value is -2.47. The summed E-state index contributed by atoms with van der Waals surface area (Å²) in [6, 6.07) is 9.70. The fraction of sp³-hybridized carbons (Fsp3) is 0.389. The van der Waals surface area contributed by atoms with Crippen LogP contribution >= 0.6 is 0 Å². The normalized spacial score (nSPS) is 19.9. The summed E-state index contributed by atoms with van der Waals surface area (Å²) in [5.41, 5.74) is 1.69. The summed E-state index contributed by atoms with van der Waals surface area (Å²) < 4.78 is 5.65. The third-order valence-electron chi connectivity index (χ3n) is 4.15. The van der Waals surface area contributed by atoms with Crippen molar-refractivity contribution in [2.24, 2.45) is 5.92 Å². The van der Waals surface area contributed by atoms with Gasteiger partial charge in [0, 0.05) is 32.4 Å². The van der Waals surface area contributed by atoms with Gasteiger partial charge in [0.15, 0.2) is 0 Å². The predicted octanol–water partition coefficient (Wildman–Crippen LogP) is 1.85. The summed E-state index contributed by atoms with van der Waals surface area (Å²) in [7, 11) is 3.44. The van der Waals surface area contributed by atoms with E-state index in [0.29, 0.717) is 24.0 Å². The maximum absolute atomic E-state index is 12.0. The van der Waals surface area contributed by atoms with Gasteiger partial charge < -0.3 is 15.0 Å². The summed E-state index contributed by atoms with van der Waals surface area (Å²) in [6.45, 7) is 1.36. The van der Waals surface area contributed by atoms with Gasteiger partial charge in [0.25, 0.3) is 5.91 Å². The Morgan fingerprint density at radius 1 is 1.25 bits per heavy atom. The molecular formula is C18H22N4O2. The molecule has 1 aliphatic rings. The number of carbonyl (C=O) groups is 1. The second-order valence-electron chi connectivity index (χ2n) is 6.22. The van der Waals surface area contributed by atoms with Crippen molar-refractivity contribution in [3.63, 3.8) is 0 Å². The molecule has 24 heavy (non-hydrogen) atoms. The summed E-state index contributed by atoms with van der Waals surface area (Å²) in [5.74, 6) is 0.968. The number of aromatic nitrogens is 2. The van der Waals surface area contributed by atoms with Crippen LogP contribution < -0.4 is 5.32 Å². The van der Waals surface area contributed by atoms with Crippen LogP contribution in [0, 0.1) is 5.92 Å². The monoisotopic (exact) mass is 326 g/mol. The number of amides is 1. The second kappa shape index (κ2) is 7.40. The smallest absolute Gasteiger partial charge is 0.272 e. The topological polar surface area (TPSA) is 67.4 Å². The number of nitrogens with zero attached hydrogens (tertiary/aromatic N) is 3. The highest BCUT2D eigenvalue weighted by atomic mass is 16.5. The van der Waals surface area contributed by atoms with E-state index in [-0.39, 0.29) is 11.9 Å². The molecule has 0 saturated carbocycles. The molecule has 1 saturated heterocycles. The number of hydrogen-bond acceptors (Lipinski definition) is 5. The van der Waals surface area contributed by atoms with Crippen LogP contribution in [0.3, 0.4) is 0 Å². The van der Waals surface area contributed by atoms with Crippen molar-refractivity contribution < 1.29 is 9.53 Å². The largest absolute Gasteiger partial charge is 0.379 e. The maximum atomic E-state index is 12.0. The fourth-order valence-electron chi connectivity index (χ4n) is 2.83. The minimum absolute atomic E-state index is 0.102. The van der Waals surface area contributed by atoms with E-state index in [4.69, 9.17) is 4.74 Å². The van der Waals surface area contributed by atoms with Crippen molar-refractivity contribution in [3.8, 4) is 0 Å². The van der Waals surface area contributed by atoms with E-state index in [1.54, 1.807) is 20.2 Å². The Balaban J connectivity index is 1.68. The molecule has 3 rings (SSSR count). The Bertz CT molecular complexity index is 690. The zero-order valence-electron chi connectivity index (χ0n) is 14.0. The Labute approximate surface area is 141 Å². The maximum Gasteiger partial charge on any atom is 0.272 e. The number of hydrogen-bond donors (Lipinski definition) is 1. The van der Waals surface area contributed by atoms with Gasteiger partial charge in [-0.05, 0) is 36.2 Å². The average molecular weight is 326 g/mol. The first-order valence-electron chi connectivity index (χ1n) is 8.05. The van der Waals surface area contributed by atoms with Crippen molar-refractivity contribution in [3.05, 3.63) is 54.0 Å². The van der Waals surface area contributed by atoms with Gasteiger partial charge in [-0.3, -0.25) is 9.78 Å². The van der Waals surface area contributed by atoms with Crippen LogP contribution in [0.4, 0.5) is 5.82 Å². The van der Waals surface area contributed by atoms with E-state index in [0.717, 1.165) is 13.0 Å². The molecule has 2 aromatic heterocycles. The molecular weight excluding hydrogens is 304 g/mol. The summed E-state index contributed by atoms with van der Waals surface area (Å²) in [6.07, 6.45) is 4.55.